The second kappa shape index (κ2) is 6.84. The van der Waals surface area contributed by atoms with Crippen LogP contribution in [0.3, 0.4) is 0 Å². The van der Waals surface area contributed by atoms with E-state index in [2.05, 4.69) is 24.5 Å². The molecule has 1 rings (SSSR count). The molecule has 0 saturated carbocycles. The summed E-state index contributed by atoms with van der Waals surface area (Å²) < 4.78 is 0. The first-order valence-electron chi connectivity index (χ1n) is 6.40. The van der Waals surface area contributed by atoms with Gasteiger partial charge < -0.3 is 10.6 Å². The number of amides is 2. The average Bonchev–Trinajstić information content (AvgIpc) is 2.38. The van der Waals surface area contributed by atoms with E-state index in [1.165, 1.54) is 0 Å². The molecule has 1 aromatic rings. The molecule has 18 heavy (non-hydrogen) atoms. The van der Waals surface area contributed by atoms with Crippen molar-refractivity contribution in [2.75, 3.05) is 5.32 Å². The molecule has 0 spiro atoms. The van der Waals surface area contributed by atoms with Crippen LogP contribution < -0.4 is 10.6 Å². The van der Waals surface area contributed by atoms with Crippen molar-refractivity contribution >= 4 is 11.7 Å². The highest BCUT2D eigenvalue weighted by Crippen LogP contribution is 2.20. The summed E-state index contributed by atoms with van der Waals surface area (Å²) in [5, 5.41) is 5.66. The number of hydrogen-bond donors (Lipinski definition) is 2. The van der Waals surface area contributed by atoms with E-state index in [0.717, 1.165) is 35.2 Å². The van der Waals surface area contributed by atoms with Gasteiger partial charge in [-0.1, -0.05) is 37.6 Å². The highest BCUT2D eigenvalue weighted by Gasteiger charge is 2.07. The summed E-state index contributed by atoms with van der Waals surface area (Å²) >= 11 is 0. The molecule has 0 fully saturated rings. The number of allylic oxidation sites excluding steroid dienone is 1. The highest BCUT2D eigenvalue weighted by atomic mass is 16.2. The first kappa shape index (κ1) is 14.3. The number of carbonyl (C=O) groups is 1. The van der Waals surface area contributed by atoms with Gasteiger partial charge in [0.05, 0.1) is 0 Å². The van der Waals surface area contributed by atoms with Gasteiger partial charge in [0.25, 0.3) is 0 Å². The van der Waals surface area contributed by atoms with Gasteiger partial charge in [0, 0.05) is 11.9 Å². The SMILES string of the molecule is CC/C(C)=C/NC(=O)Nc1c(C)cccc1CC. The average molecular weight is 246 g/mol. The molecular formula is C15H22N2O. The molecular weight excluding hydrogens is 224 g/mol. The molecule has 0 saturated heterocycles. The third-order valence-corrected chi connectivity index (χ3v) is 2.99. The fourth-order valence-electron chi connectivity index (χ4n) is 1.64. The topological polar surface area (TPSA) is 41.1 Å². The molecule has 0 aliphatic carbocycles. The Morgan fingerprint density at radius 3 is 2.67 bits per heavy atom. The van der Waals surface area contributed by atoms with Crippen LogP contribution in [0.2, 0.25) is 0 Å². The Labute approximate surface area is 109 Å². The van der Waals surface area contributed by atoms with Gasteiger partial charge in [-0.3, -0.25) is 0 Å². The lowest BCUT2D eigenvalue weighted by atomic mass is 10.1. The minimum Gasteiger partial charge on any atom is -0.314 e. The molecule has 0 aliphatic rings. The van der Waals surface area contributed by atoms with Crippen LogP contribution in [0.25, 0.3) is 0 Å². The van der Waals surface area contributed by atoms with Gasteiger partial charge in [-0.2, -0.15) is 0 Å². The molecule has 3 heteroatoms. The number of anilines is 1. The Morgan fingerprint density at radius 2 is 2.06 bits per heavy atom. The standard InChI is InChI=1S/C15H22N2O/c1-5-11(3)10-16-15(18)17-14-12(4)8-7-9-13(14)6-2/h7-10H,5-6H2,1-4H3,(H2,16,17,18)/b11-10+. The molecule has 98 valence electrons. The van der Waals surface area contributed by atoms with Gasteiger partial charge >= 0.3 is 6.03 Å². The predicted octanol–water partition coefficient (Wildman–Crippen LogP) is 3.99. The molecule has 0 heterocycles. The van der Waals surface area contributed by atoms with Gasteiger partial charge in [-0.05, 0) is 37.8 Å². The van der Waals surface area contributed by atoms with Crippen molar-refractivity contribution in [3.63, 3.8) is 0 Å². The van der Waals surface area contributed by atoms with E-state index in [-0.39, 0.29) is 6.03 Å². The minimum absolute atomic E-state index is 0.188. The Hall–Kier alpha value is -1.77. The van der Waals surface area contributed by atoms with E-state index in [0.29, 0.717) is 0 Å². The van der Waals surface area contributed by atoms with E-state index < -0.39 is 0 Å². The summed E-state index contributed by atoms with van der Waals surface area (Å²) in [5.41, 5.74) is 4.30. The summed E-state index contributed by atoms with van der Waals surface area (Å²) in [7, 11) is 0. The third-order valence-electron chi connectivity index (χ3n) is 2.99. The van der Waals surface area contributed by atoms with Crippen molar-refractivity contribution < 1.29 is 4.79 Å². The molecule has 2 N–H and O–H groups in total. The second-order valence-corrected chi connectivity index (χ2v) is 4.41. The molecule has 1 aromatic carbocycles. The summed E-state index contributed by atoms with van der Waals surface area (Å²) in [5.74, 6) is 0. The van der Waals surface area contributed by atoms with Crippen LogP contribution in [0.1, 0.15) is 38.3 Å². The largest absolute Gasteiger partial charge is 0.323 e. The fourth-order valence-corrected chi connectivity index (χ4v) is 1.64. The normalized spacial score (nSPS) is 11.2. The lowest BCUT2D eigenvalue weighted by Crippen LogP contribution is -2.25. The first-order chi connectivity index (χ1) is 8.58. The predicted molar refractivity (Wildman–Crippen MR) is 76.8 cm³/mol. The van der Waals surface area contributed by atoms with Crippen LogP contribution in [0, 0.1) is 6.92 Å². The molecule has 0 bridgehead atoms. The quantitative estimate of drug-likeness (QED) is 0.828. The van der Waals surface area contributed by atoms with Crippen molar-refractivity contribution in [2.45, 2.75) is 40.5 Å². The maximum atomic E-state index is 11.8. The lowest BCUT2D eigenvalue weighted by molar-refractivity contribution is 0.255. The number of aryl methyl sites for hydroxylation is 2. The van der Waals surface area contributed by atoms with Gasteiger partial charge in [-0.25, -0.2) is 4.79 Å². The summed E-state index contributed by atoms with van der Waals surface area (Å²) in [6.07, 6.45) is 3.59. The number of urea groups is 1. The Bertz CT molecular complexity index is 450. The summed E-state index contributed by atoms with van der Waals surface area (Å²) in [4.78, 5) is 11.8. The number of nitrogens with one attached hydrogen (secondary N) is 2. The first-order valence-corrected chi connectivity index (χ1v) is 6.40. The highest BCUT2D eigenvalue weighted by molar-refractivity contribution is 5.91. The fraction of sp³-hybridized carbons (Fsp3) is 0.400. The van der Waals surface area contributed by atoms with E-state index in [1.54, 1.807) is 6.20 Å². The van der Waals surface area contributed by atoms with E-state index in [1.807, 2.05) is 32.0 Å². The zero-order valence-corrected chi connectivity index (χ0v) is 11.6. The van der Waals surface area contributed by atoms with Crippen LogP contribution in [-0.4, -0.2) is 6.03 Å². The van der Waals surface area contributed by atoms with Gasteiger partial charge in [-0.15, -0.1) is 0 Å². The Kier molecular flexibility index (Phi) is 5.43. The smallest absolute Gasteiger partial charge is 0.314 e. The lowest BCUT2D eigenvalue weighted by Gasteiger charge is -2.12. The van der Waals surface area contributed by atoms with Crippen LogP contribution in [0.4, 0.5) is 10.5 Å². The van der Waals surface area contributed by atoms with Gasteiger partial charge in [0.1, 0.15) is 0 Å². The third kappa shape index (κ3) is 3.91. The second-order valence-electron chi connectivity index (χ2n) is 4.41. The van der Waals surface area contributed by atoms with E-state index in [9.17, 15) is 4.79 Å². The summed E-state index contributed by atoms with van der Waals surface area (Å²) in [6.45, 7) is 8.13. The maximum absolute atomic E-state index is 11.8. The number of carbonyl (C=O) groups excluding carboxylic acids is 1. The van der Waals surface area contributed by atoms with E-state index >= 15 is 0 Å². The van der Waals surface area contributed by atoms with Crippen LogP contribution in [-0.2, 0) is 6.42 Å². The number of rotatable bonds is 4. The minimum atomic E-state index is -0.188. The van der Waals surface area contributed by atoms with Crippen molar-refractivity contribution in [2.24, 2.45) is 0 Å². The number of para-hydroxylation sites is 1. The number of benzene rings is 1. The molecule has 2 amide bonds. The van der Waals surface area contributed by atoms with Gasteiger partial charge in [0.2, 0.25) is 0 Å². The van der Waals surface area contributed by atoms with Crippen molar-refractivity contribution in [1.29, 1.82) is 0 Å². The number of hydrogen-bond acceptors (Lipinski definition) is 1. The van der Waals surface area contributed by atoms with Crippen molar-refractivity contribution in [1.82, 2.24) is 5.32 Å². The molecule has 0 aliphatic heterocycles. The zero-order chi connectivity index (χ0) is 13.5. The van der Waals surface area contributed by atoms with Crippen LogP contribution in [0.5, 0.6) is 0 Å². The molecule has 0 unspecified atom stereocenters. The van der Waals surface area contributed by atoms with Crippen LogP contribution >= 0.6 is 0 Å². The molecule has 0 radical (unpaired) electrons. The molecule has 0 aromatic heterocycles. The summed E-state index contributed by atoms with van der Waals surface area (Å²) in [6, 6.07) is 5.86. The van der Waals surface area contributed by atoms with Gasteiger partial charge in [0.15, 0.2) is 0 Å². The Balaban J connectivity index is 2.76. The molecule has 3 nitrogen and oxygen atoms in total. The monoisotopic (exact) mass is 246 g/mol. The van der Waals surface area contributed by atoms with E-state index in [4.69, 9.17) is 0 Å². The molecule has 0 atom stereocenters. The maximum Gasteiger partial charge on any atom is 0.323 e. The van der Waals surface area contributed by atoms with Crippen molar-refractivity contribution in [3.8, 4) is 0 Å². The van der Waals surface area contributed by atoms with Crippen LogP contribution in [0.15, 0.2) is 30.0 Å². The Morgan fingerprint density at radius 1 is 1.33 bits per heavy atom. The zero-order valence-electron chi connectivity index (χ0n) is 11.6. The van der Waals surface area contributed by atoms with Crippen molar-refractivity contribution in [3.05, 3.63) is 41.1 Å².